The van der Waals surface area contributed by atoms with Crippen molar-refractivity contribution in [2.75, 3.05) is 5.32 Å². The summed E-state index contributed by atoms with van der Waals surface area (Å²) in [5.74, 6) is -0.131. The van der Waals surface area contributed by atoms with Gasteiger partial charge in [0.25, 0.3) is 5.91 Å². The third-order valence-corrected chi connectivity index (χ3v) is 5.17. The first-order valence-corrected chi connectivity index (χ1v) is 8.60. The van der Waals surface area contributed by atoms with Crippen molar-refractivity contribution in [3.05, 3.63) is 71.3 Å². The zero-order valence-corrected chi connectivity index (χ0v) is 14.3. The lowest BCUT2D eigenvalue weighted by Crippen LogP contribution is -2.11. The van der Waals surface area contributed by atoms with Crippen LogP contribution in [-0.4, -0.2) is 10.9 Å². The van der Waals surface area contributed by atoms with Gasteiger partial charge in [-0.3, -0.25) is 10.1 Å². The maximum Gasteiger partial charge on any atom is 0.257 e. The summed E-state index contributed by atoms with van der Waals surface area (Å²) >= 11 is 1.50. The van der Waals surface area contributed by atoms with Crippen LogP contribution >= 0.6 is 11.3 Å². The second-order valence-electron chi connectivity index (χ2n) is 5.94. The van der Waals surface area contributed by atoms with Gasteiger partial charge in [0, 0.05) is 5.56 Å². The van der Waals surface area contributed by atoms with Crippen molar-refractivity contribution >= 4 is 43.4 Å². The van der Waals surface area contributed by atoms with E-state index in [-0.39, 0.29) is 5.91 Å². The van der Waals surface area contributed by atoms with E-state index in [0.717, 1.165) is 21.0 Å². The summed E-state index contributed by atoms with van der Waals surface area (Å²) in [5.41, 5.74) is 4.01. The Balaban J connectivity index is 1.65. The average molecular weight is 332 g/mol. The van der Waals surface area contributed by atoms with Crippen molar-refractivity contribution in [1.29, 1.82) is 0 Å². The Morgan fingerprint density at radius 2 is 1.71 bits per heavy atom. The SMILES string of the molecule is Cc1cc2nc(NC(=O)c3ccc4ccccc4c3)sc2cc1C. The van der Waals surface area contributed by atoms with Gasteiger partial charge in [-0.2, -0.15) is 0 Å². The second kappa shape index (κ2) is 5.73. The van der Waals surface area contributed by atoms with Crippen molar-refractivity contribution in [3.8, 4) is 0 Å². The molecule has 4 aromatic rings. The highest BCUT2D eigenvalue weighted by atomic mass is 32.1. The molecule has 118 valence electrons. The molecule has 3 aromatic carbocycles. The minimum absolute atomic E-state index is 0.131. The molecule has 0 aliphatic rings. The van der Waals surface area contributed by atoms with Crippen LogP contribution in [0.3, 0.4) is 0 Å². The van der Waals surface area contributed by atoms with E-state index in [2.05, 4.69) is 36.3 Å². The maximum atomic E-state index is 12.5. The minimum Gasteiger partial charge on any atom is -0.298 e. The number of aromatic nitrogens is 1. The molecule has 4 rings (SSSR count). The molecule has 1 aromatic heterocycles. The largest absolute Gasteiger partial charge is 0.298 e. The van der Waals surface area contributed by atoms with E-state index in [9.17, 15) is 4.79 Å². The summed E-state index contributed by atoms with van der Waals surface area (Å²) in [4.78, 5) is 17.1. The van der Waals surface area contributed by atoms with E-state index in [4.69, 9.17) is 0 Å². The Morgan fingerprint density at radius 1 is 0.958 bits per heavy atom. The number of anilines is 1. The first-order valence-electron chi connectivity index (χ1n) is 7.78. The molecule has 24 heavy (non-hydrogen) atoms. The molecule has 0 saturated carbocycles. The van der Waals surface area contributed by atoms with Gasteiger partial charge in [0.2, 0.25) is 0 Å². The molecule has 1 N–H and O–H groups in total. The second-order valence-corrected chi connectivity index (χ2v) is 6.97. The van der Waals surface area contributed by atoms with Crippen LogP contribution in [0.15, 0.2) is 54.6 Å². The van der Waals surface area contributed by atoms with Crippen LogP contribution in [0, 0.1) is 13.8 Å². The number of nitrogens with one attached hydrogen (secondary N) is 1. The molecule has 0 bridgehead atoms. The first kappa shape index (κ1) is 14.8. The van der Waals surface area contributed by atoms with Crippen LogP contribution in [0.25, 0.3) is 21.0 Å². The summed E-state index contributed by atoms with van der Waals surface area (Å²) < 4.78 is 1.09. The fourth-order valence-electron chi connectivity index (χ4n) is 2.73. The quantitative estimate of drug-likeness (QED) is 0.540. The summed E-state index contributed by atoms with van der Waals surface area (Å²) in [6.45, 7) is 4.16. The Bertz CT molecular complexity index is 1040. The first-order chi connectivity index (χ1) is 11.6. The predicted octanol–water partition coefficient (Wildman–Crippen LogP) is 5.32. The van der Waals surface area contributed by atoms with Gasteiger partial charge in [-0.15, -0.1) is 0 Å². The molecular weight excluding hydrogens is 316 g/mol. The topological polar surface area (TPSA) is 42.0 Å². The molecule has 0 atom stereocenters. The lowest BCUT2D eigenvalue weighted by molar-refractivity contribution is 0.102. The van der Waals surface area contributed by atoms with Crippen molar-refractivity contribution < 1.29 is 4.79 Å². The number of amides is 1. The van der Waals surface area contributed by atoms with Crippen LogP contribution < -0.4 is 5.32 Å². The Labute approximate surface area is 144 Å². The van der Waals surface area contributed by atoms with Gasteiger partial charge in [-0.25, -0.2) is 4.98 Å². The van der Waals surface area contributed by atoms with Crippen LogP contribution in [0.4, 0.5) is 5.13 Å². The molecule has 0 saturated heterocycles. The minimum atomic E-state index is -0.131. The normalized spacial score (nSPS) is 11.1. The number of hydrogen-bond acceptors (Lipinski definition) is 3. The highest BCUT2D eigenvalue weighted by Gasteiger charge is 2.11. The van der Waals surface area contributed by atoms with E-state index in [1.54, 1.807) is 0 Å². The van der Waals surface area contributed by atoms with Crippen LogP contribution in [0.2, 0.25) is 0 Å². The molecule has 3 nitrogen and oxygen atoms in total. The van der Waals surface area contributed by atoms with E-state index < -0.39 is 0 Å². The molecular formula is C20H16N2OS. The van der Waals surface area contributed by atoms with Gasteiger partial charge in [0.05, 0.1) is 10.2 Å². The lowest BCUT2D eigenvalue weighted by Gasteiger charge is -2.03. The van der Waals surface area contributed by atoms with E-state index in [1.165, 1.54) is 22.5 Å². The summed E-state index contributed by atoms with van der Waals surface area (Å²) in [5, 5.41) is 5.73. The number of carbonyl (C=O) groups excluding carboxylic acids is 1. The standard InChI is InChI=1S/C20H16N2OS/c1-12-9-17-18(10-13(12)2)24-20(21-17)22-19(23)16-8-7-14-5-3-4-6-15(14)11-16/h3-11H,1-2H3,(H,21,22,23). The van der Waals surface area contributed by atoms with E-state index >= 15 is 0 Å². The molecule has 0 spiro atoms. The van der Waals surface area contributed by atoms with Crippen molar-refractivity contribution in [2.45, 2.75) is 13.8 Å². The van der Waals surface area contributed by atoms with Gasteiger partial charge in [0.15, 0.2) is 5.13 Å². The molecule has 4 heteroatoms. The monoisotopic (exact) mass is 332 g/mol. The van der Waals surface area contributed by atoms with Gasteiger partial charge >= 0.3 is 0 Å². The summed E-state index contributed by atoms with van der Waals surface area (Å²) in [6.07, 6.45) is 0. The molecule has 0 aliphatic carbocycles. The molecule has 0 fully saturated rings. The summed E-state index contributed by atoms with van der Waals surface area (Å²) in [6, 6.07) is 17.9. The molecule has 1 heterocycles. The Kier molecular flexibility index (Phi) is 3.54. The Morgan fingerprint density at radius 3 is 2.54 bits per heavy atom. The molecule has 0 unspecified atom stereocenters. The van der Waals surface area contributed by atoms with Crippen LogP contribution in [0.1, 0.15) is 21.5 Å². The number of thiazole rings is 1. The number of aryl methyl sites for hydroxylation is 2. The van der Waals surface area contributed by atoms with Crippen molar-refractivity contribution in [2.24, 2.45) is 0 Å². The number of benzene rings is 3. The highest BCUT2D eigenvalue weighted by Crippen LogP contribution is 2.28. The van der Waals surface area contributed by atoms with Gasteiger partial charge in [-0.1, -0.05) is 41.7 Å². The fraction of sp³-hybridized carbons (Fsp3) is 0.100. The molecule has 0 aliphatic heterocycles. The van der Waals surface area contributed by atoms with Crippen molar-refractivity contribution in [1.82, 2.24) is 4.98 Å². The van der Waals surface area contributed by atoms with E-state index in [0.29, 0.717) is 10.7 Å². The van der Waals surface area contributed by atoms with Crippen LogP contribution in [-0.2, 0) is 0 Å². The van der Waals surface area contributed by atoms with Crippen molar-refractivity contribution in [3.63, 3.8) is 0 Å². The molecule has 1 amide bonds. The number of fused-ring (bicyclic) bond motifs is 2. The average Bonchev–Trinajstić information content (AvgIpc) is 2.95. The highest BCUT2D eigenvalue weighted by molar-refractivity contribution is 7.22. The van der Waals surface area contributed by atoms with Gasteiger partial charge in [-0.05, 0) is 60.0 Å². The Hall–Kier alpha value is -2.72. The number of hydrogen-bond donors (Lipinski definition) is 1. The zero-order valence-electron chi connectivity index (χ0n) is 13.5. The van der Waals surface area contributed by atoms with Crippen LogP contribution in [0.5, 0.6) is 0 Å². The van der Waals surface area contributed by atoms with Gasteiger partial charge in [0.1, 0.15) is 0 Å². The third kappa shape index (κ3) is 2.65. The van der Waals surface area contributed by atoms with E-state index in [1.807, 2.05) is 42.5 Å². The predicted molar refractivity (Wildman–Crippen MR) is 101 cm³/mol. The smallest absolute Gasteiger partial charge is 0.257 e. The fourth-order valence-corrected chi connectivity index (χ4v) is 3.67. The lowest BCUT2D eigenvalue weighted by atomic mass is 10.1. The zero-order chi connectivity index (χ0) is 16.7. The number of carbonyl (C=O) groups is 1. The third-order valence-electron chi connectivity index (χ3n) is 4.24. The van der Waals surface area contributed by atoms with Gasteiger partial charge < -0.3 is 0 Å². The number of nitrogens with zero attached hydrogens (tertiary/aromatic N) is 1. The maximum absolute atomic E-state index is 12.5. The molecule has 0 radical (unpaired) electrons. The number of rotatable bonds is 2. The summed E-state index contributed by atoms with van der Waals surface area (Å²) in [7, 11) is 0.